The first-order chi connectivity index (χ1) is 14.0. The molecule has 4 nitrogen and oxygen atoms in total. The van der Waals surface area contributed by atoms with E-state index >= 15 is 0 Å². The fourth-order valence-corrected chi connectivity index (χ4v) is 5.94. The maximum atomic E-state index is 10.7. The van der Waals surface area contributed by atoms with Gasteiger partial charge in [-0.05, 0) is 48.2 Å². The van der Waals surface area contributed by atoms with Crippen molar-refractivity contribution in [3.05, 3.63) is 34.9 Å². The van der Waals surface area contributed by atoms with Crippen molar-refractivity contribution in [3.8, 4) is 11.8 Å². The highest BCUT2D eigenvalue weighted by Crippen LogP contribution is 2.59. The van der Waals surface area contributed by atoms with E-state index in [4.69, 9.17) is 25.5 Å². The molecule has 5 unspecified atom stereocenters. The van der Waals surface area contributed by atoms with E-state index in [2.05, 4.69) is 45.7 Å². The van der Waals surface area contributed by atoms with Crippen LogP contribution in [0.15, 0.2) is 24.3 Å². The Morgan fingerprint density at radius 3 is 2.43 bits per heavy atom. The topological polar surface area (TPSA) is 47.9 Å². The highest BCUT2D eigenvalue weighted by atomic mass is 35.5. The van der Waals surface area contributed by atoms with Gasteiger partial charge in [0.05, 0.1) is 19.3 Å². The van der Waals surface area contributed by atoms with Crippen molar-refractivity contribution < 1.29 is 19.0 Å². The third kappa shape index (κ3) is 3.99. The largest absolute Gasteiger partial charge is 0.399 e. The maximum absolute atomic E-state index is 10.7. The molecule has 3 aliphatic rings. The molecule has 0 radical (unpaired) electrons. The monoisotopic (exact) mass is 448 g/mol. The number of aliphatic hydroxyl groups is 1. The van der Waals surface area contributed by atoms with Crippen LogP contribution in [0.1, 0.15) is 45.3 Å². The highest BCUT2D eigenvalue weighted by Gasteiger charge is 2.64. The van der Waals surface area contributed by atoms with Crippen LogP contribution < -0.4 is 0 Å². The molecule has 1 aliphatic heterocycles. The molecule has 1 N–H and O–H groups in total. The zero-order valence-electron chi connectivity index (χ0n) is 18.6. The summed E-state index contributed by atoms with van der Waals surface area (Å²) < 4.78 is 18.5. The van der Waals surface area contributed by atoms with E-state index in [9.17, 15) is 5.11 Å². The van der Waals surface area contributed by atoms with E-state index in [1.54, 1.807) is 0 Å². The number of halogens is 1. The van der Waals surface area contributed by atoms with Gasteiger partial charge in [-0.1, -0.05) is 56.3 Å². The molecule has 30 heavy (non-hydrogen) atoms. The first-order valence-corrected chi connectivity index (χ1v) is 14.2. The third-order valence-corrected chi connectivity index (χ3v) is 12.2. The van der Waals surface area contributed by atoms with Crippen LogP contribution in [0.4, 0.5) is 0 Å². The summed E-state index contributed by atoms with van der Waals surface area (Å²) in [5, 5.41) is 11.5. The van der Waals surface area contributed by atoms with Gasteiger partial charge in [0.15, 0.2) is 14.1 Å². The third-order valence-electron chi connectivity index (χ3n) is 7.52. The van der Waals surface area contributed by atoms with Gasteiger partial charge in [0.1, 0.15) is 6.10 Å². The van der Waals surface area contributed by atoms with E-state index in [0.717, 1.165) is 12.0 Å². The van der Waals surface area contributed by atoms with Crippen LogP contribution in [-0.2, 0) is 13.9 Å². The van der Waals surface area contributed by atoms with Crippen LogP contribution in [0, 0.1) is 29.6 Å². The molecule has 2 aliphatic carbocycles. The van der Waals surface area contributed by atoms with Gasteiger partial charge >= 0.3 is 0 Å². The maximum Gasteiger partial charge on any atom is 0.194 e. The number of benzene rings is 1. The summed E-state index contributed by atoms with van der Waals surface area (Å²) in [5.41, 5.74) is 1.01. The van der Waals surface area contributed by atoms with Gasteiger partial charge in [-0.2, -0.15) is 0 Å². The number of ether oxygens (including phenoxy) is 2. The van der Waals surface area contributed by atoms with Crippen LogP contribution in [-0.4, -0.2) is 38.5 Å². The summed E-state index contributed by atoms with van der Waals surface area (Å²) in [6, 6.07) is 7.74. The summed E-state index contributed by atoms with van der Waals surface area (Å²) in [6.45, 7) is 12.5. The number of rotatable bonds is 3. The Kier molecular flexibility index (Phi) is 5.89. The summed E-state index contributed by atoms with van der Waals surface area (Å²) in [7, 11) is -2.04. The number of fused-ring (bicyclic) bond motifs is 2. The fourth-order valence-electron chi connectivity index (χ4n) is 4.68. The zero-order valence-corrected chi connectivity index (χ0v) is 20.3. The van der Waals surface area contributed by atoms with E-state index < -0.39 is 20.2 Å². The Morgan fingerprint density at radius 2 is 1.83 bits per heavy atom. The first kappa shape index (κ1) is 22.3. The Balaban J connectivity index is 1.57. The minimum Gasteiger partial charge on any atom is -0.399 e. The molecule has 1 saturated heterocycles. The number of hydrogen-bond acceptors (Lipinski definition) is 4. The SMILES string of the molecule is CC(C)(C)[Si](C)(C)OC(C#CC1C(O)CC2C1CC21OCCO1)c1ccc(Cl)cc1. The van der Waals surface area contributed by atoms with Crippen molar-refractivity contribution in [1.82, 2.24) is 0 Å². The minimum absolute atomic E-state index is 0.0637. The van der Waals surface area contributed by atoms with Crippen LogP contribution in [0.3, 0.4) is 0 Å². The standard InChI is InChI=1S/C24H33ClO4Si/c1-23(2,3)30(4,5)29-22(16-6-8-17(25)9-7-16)11-10-18-19-15-24(27-12-13-28-24)20(19)14-21(18)26/h6-9,18-22,26H,12-15H2,1-5H3. The van der Waals surface area contributed by atoms with E-state index in [-0.39, 0.29) is 23.0 Å². The van der Waals surface area contributed by atoms with Crippen LogP contribution in [0.25, 0.3) is 0 Å². The Morgan fingerprint density at radius 1 is 1.20 bits per heavy atom. The van der Waals surface area contributed by atoms with Crippen molar-refractivity contribution in [2.24, 2.45) is 17.8 Å². The molecule has 1 aromatic rings. The molecular weight excluding hydrogens is 416 g/mol. The molecule has 5 atom stereocenters. The Hall–Kier alpha value is -0.873. The molecule has 1 spiro atoms. The average Bonchev–Trinajstić information content (AvgIpc) is 3.24. The summed E-state index contributed by atoms with van der Waals surface area (Å²) >= 11 is 6.10. The van der Waals surface area contributed by atoms with Crippen LogP contribution in [0.2, 0.25) is 23.2 Å². The van der Waals surface area contributed by atoms with Gasteiger partial charge in [-0.25, -0.2) is 0 Å². The molecular formula is C24H33ClO4Si. The van der Waals surface area contributed by atoms with Crippen molar-refractivity contribution >= 4 is 19.9 Å². The Labute approximate surface area is 186 Å². The normalized spacial score (nSPS) is 31.0. The van der Waals surface area contributed by atoms with Crippen molar-refractivity contribution in [2.45, 2.75) is 69.7 Å². The lowest BCUT2D eigenvalue weighted by molar-refractivity contribution is -0.270. The second kappa shape index (κ2) is 7.92. The zero-order chi connectivity index (χ0) is 21.7. The van der Waals surface area contributed by atoms with Gasteiger partial charge in [-0.3, -0.25) is 0 Å². The smallest absolute Gasteiger partial charge is 0.194 e. The second-order valence-corrected chi connectivity index (χ2v) is 15.6. The number of hydrogen-bond donors (Lipinski definition) is 1. The molecule has 0 aromatic heterocycles. The summed E-state index contributed by atoms with van der Waals surface area (Å²) in [5.74, 6) is 6.84. The van der Waals surface area contributed by atoms with Gasteiger partial charge < -0.3 is 19.0 Å². The van der Waals surface area contributed by atoms with E-state index in [1.807, 2.05) is 24.3 Å². The molecule has 164 valence electrons. The molecule has 0 bridgehead atoms. The van der Waals surface area contributed by atoms with Gasteiger partial charge in [0, 0.05) is 23.3 Å². The number of aliphatic hydroxyl groups excluding tert-OH is 1. The molecule has 1 aromatic carbocycles. The molecule has 6 heteroatoms. The lowest BCUT2D eigenvalue weighted by atomic mass is 9.67. The van der Waals surface area contributed by atoms with Gasteiger partial charge in [0.2, 0.25) is 0 Å². The van der Waals surface area contributed by atoms with E-state index in [0.29, 0.717) is 30.6 Å². The predicted molar refractivity (Wildman–Crippen MR) is 121 cm³/mol. The summed E-state index contributed by atoms with van der Waals surface area (Å²) in [6.07, 6.45) is 0.738. The fraction of sp³-hybridized carbons (Fsp3) is 0.667. The van der Waals surface area contributed by atoms with Gasteiger partial charge in [-0.15, -0.1) is 0 Å². The van der Waals surface area contributed by atoms with Crippen molar-refractivity contribution in [1.29, 1.82) is 0 Å². The molecule has 4 rings (SSSR count). The molecule has 1 heterocycles. The molecule has 3 fully saturated rings. The molecule has 2 saturated carbocycles. The minimum atomic E-state index is -2.04. The first-order valence-electron chi connectivity index (χ1n) is 10.9. The van der Waals surface area contributed by atoms with Gasteiger partial charge in [0.25, 0.3) is 0 Å². The van der Waals surface area contributed by atoms with Crippen molar-refractivity contribution in [3.63, 3.8) is 0 Å². The second-order valence-electron chi connectivity index (χ2n) is 10.4. The Bertz CT molecular complexity index is 829. The van der Waals surface area contributed by atoms with Crippen LogP contribution >= 0.6 is 11.6 Å². The lowest BCUT2D eigenvalue weighted by Gasteiger charge is -2.48. The quantitative estimate of drug-likeness (QED) is 0.512. The highest BCUT2D eigenvalue weighted by molar-refractivity contribution is 6.74. The summed E-state index contributed by atoms with van der Waals surface area (Å²) in [4.78, 5) is 0. The van der Waals surface area contributed by atoms with E-state index in [1.165, 1.54) is 0 Å². The average molecular weight is 449 g/mol. The lowest BCUT2D eigenvalue weighted by Crippen LogP contribution is -2.53. The van der Waals surface area contributed by atoms with Crippen molar-refractivity contribution in [2.75, 3.05) is 13.2 Å². The van der Waals surface area contributed by atoms with Crippen LogP contribution in [0.5, 0.6) is 0 Å². The molecule has 0 amide bonds. The predicted octanol–water partition coefficient (Wildman–Crippen LogP) is 5.17.